The van der Waals surface area contributed by atoms with Crippen molar-refractivity contribution in [3.8, 4) is 11.5 Å². The minimum Gasteiger partial charge on any atom is -0.456 e. The number of hydrogen-bond acceptors (Lipinski definition) is 6. The van der Waals surface area contributed by atoms with Crippen molar-refractivity contribution in [1.29, 1.82) is 0 Å². The van der Waals surface area contributed by atoms with Gasteiger partial charge in [-0.25, -0.2) is 9.97 Å². The zero-order valence-electron chi connectivity index (χ0n) is 16.7. The fourth-order valence-corrected chi connectivity index (χ4v) is 4.88. The number of aromatic nitrogens is 2. The predicted octanol–water partition coefficient (Wildman–Crippen LogP) is 5.08. The average Bonchev–Trinajstić information content (AvgIpc) is 2.74. The Morgan fingerprint density at radius 1 is 1.06 bits per heavy atom. The van der Waals surface area contributed by atoms with Crippen LogP contribution in [0.4, 0.5) is 13.2 Å². The first-order valence-electron chi connectivity index (χ1n) is 9.75. The van der Waals surface area contributed by atoms with E-state index in [1.165, 1.54) is 6.07 Å². The van der Waals surface area contributed by atoms with Gasteiger partial charge < -0.3 is 10.1 Å². The molecule has 32 heavy (non-hydrogen) atoms. The molecule has 7 nitrogen and oxygen atoms in total. The second-order valence-electron chi connectivity index (χ2n) is 7.49. The lowest BCUT2D eigenvalue weighted by Gasteiger charge is -2.39. The van der Waals surface area contributed by atoms with Crippen molar-refractivity contribution in [2.45, 2.75) is 25.1 Å². The molecule has 0 spiro atoms. The molecule has 0 bridgehead atoms. The van der Waals surface area contributed by atoms with Gasteiger partial charge in [0.05, 0.1) is 11.7 Å². The third kappa shape index (κ3) is 5.29. The molecule has 0 atom stereocenters. The van der Waals surface area contributed by atoms with Gasteiger partial charge in [0.2, 0.25) is 0 Å². The molecule has 1 aliphatic heterocycles. The van der Waals surface area contributed by atoms with Crippen LogP contribution in [-0.2, 0) is 6.18 Å². The fraction of sp³-hybridized carbons (Fsp3) is 0.286. The molecule has 1 aromatic carbocycles. The molecule has 0 radical (unpaired) electrons. The molecule has 1 aliphatic rings. The second-order valence-corrected chi connectivity index (χ2v) is 9.91. The van der Waals surface area contributed by atoms with Crippen LogP contribution in [0.2, 0.25) is 0 Å². The maximum absolute atomic E-state index is 12.6. The maximum atomic E-state index is 12.6. The van der Waals surface area contributed by atoms with Crippen molar-refractivity contribution in [2.24, 2.45) is 0 Å². The molecule has 1 fully saturated rings. The smallest absolute Gasteiger partial charge is 0.433 e. The number of nitrogens with one attached hydrogen (secondary N) is 1. The molecule has 2 aromatic heterocycles. The van der Waals surface area contributed by atoms with Gasteiger partial charge in [0.25, 0.3) is 5.91 Å². The van der Waals surface area contributed by atoms with E-state index in [4.69, 9.17) is 4.74 Å². The van der Waals surface area contributed by atoms with Crippen LogP contribution < -0.4 is 10.1 Å². The summed E-state index contributed by atoms with van der Waals surface area (Å²) < 4.78 is 62.8. The SMILES string of the molecule is O=C(NC1CCS(O)(O)CC1)c1ccc2cc(Oc3ccc(C(F)(F)F)nc3)ccc2n1. The lowest BCUT2D eigenvalue weighted by atomic mass is 10.1. The van der Waals surface area contributed by atoms with Crippen LogP contribution >= 0.6 is 10.6 Å². The van der Waals surface area contributed by atoms with E-state index in [2.05, 4.69) is 15.3 Å². The zero-order chi connectivity index (χ0) is 22.9. The van der Waals surface area contributed by atoms with Gasteiger partial charge >= 0.3 is 6.18 Å². The number of amides is 1. The number of ether oxygens (including phenoxy) is 1. The van der Waals surface area contributed by atoms with Crippen molar-refractivity contribution in [1.82, 2.24) is 15.3 Å². The molecule has 170 valence electrons. The first kappa shape index (κ1) is 22.3. The monoisotopic (exact) mass is 467 g/mol. The van der Waals surface area contributed by atoms with Gasteiger partial charge in [0.15, 0.2) is 0 Å². The van der Waals surface area contributed by atoms with Crippen LogP contribution in [0.3, 0.4) is 0 Å². The van der Waals surface area contributed by atoms with Gasteiger partial charge in [0.1, 0.15) is 22.9 Å². The Morgan fingerprint density at radius 3 is 2.44 bits per heavy atom. The lowest BCUT2D eigenvalue weighted by molar-refractivity contribution is -0.141. The van der Waals surface area contributed by atoms with Crippen LogP contribution in [0.1, 0.15) is 29.0 Å². The number of carbonyl (C=O) groups is 1. The van der Waals surface area contributed by atoms with Crippen molar-refractivity contribution in [3.63, 3.8) is 0 Å². The van der Waals surface area contributed by atoms with E-state index < -0.39 is 22.5 Å². The second kappa shape index (κ2) is 8.57. The summed E-state index contributed by atoms with van der Waals surface area (Å²) in [5.74, 6) is 0.761. The van der Waals surface area contributed by atoms with E-state index in [-0.39, 0.29) is 34.9 Å². The zero-order valence-corrected chi connectivity index (χ0v) is 17.5. The molecule has 1 amide bonds. The molecular weight excluding hydrogens is 447 g/mol. The molecule has 0 saturated carbocycles. The minimum absolute atomic E-state index is 0.131. The highest BCUT2D eigenvalue weighted by molar-refractivity contribution is 8.24. The number of fused-ring (bicyclic) bond motifs is 1. The predicted molar refractivity (Wildman–Crippen MR) is 114 cm³/mol. The Morgan fingerprint density at radius 2 is 1.78 bits per heavy atom. The molecule has 3 N–H and O–H groups in total. The van der Waals surface area contributed by atoms with Crippen LogP contribution in [0.25, 0.3) is 10.9 Å². The number of hydrogen-bond donors (Lipinski definition) is 3. The van der Waals surface area contributed by atoms with Gasteiger partial charge in [-0.3, -0.25) is 13.9 Å². The molecule has 3 heterocycles. The molecule has 4 rings (SSSR count). The van der Waals surface area contributed by atoms with Gasteiger partial charge in [0, 0.05) is 22.9 Å². The van der Waals surface area contributed by atoms with Crippen LogP contribution in [0.15, 0.2) is 48.7 Å². The van der Waals surface area contributed by atoms with Crippen LogP contribution in [0.5, 0.6) is 11.5 Å². The summed E-state index contributed by atoms with van der Waals surface area (Å²) in [6, 6.07) is 10.1. The lowest BCUT2D eigenvalue weighted by Crippen LogP contribution is -2.40. The highest BCUT2D eigenvalue weighted by Gasteiger charge is 2.32. The fourth-order valence-electron chi connectivity index (χ4n) is 3.35. The van der Waals surface area contributed by atoms with Crippen molar-refractivity contribution in [3.05, 3.63) is 60.0 Å². The summed E-state index contributed by atoms with van der Waals surface area (Å²) in [6.45, 7) is 0. The number of halogens is 3. The van der Waals surface area contributed by atoms with E-state index in [0.29, 0.717) is 29.5 Å². The van der Waals surface area contributed by atoms with E-state index >= 15 is 0 Å². The number of alkyl halides is 3. The Labute approximate surface area is 183 Å². The third-order valence-electron chi connectivity index (χ3n) is 5.08. The molecule has 0 unspecified atom stereocenters. The van der Waals surface area contributed by atoms with Crippen LogP contribution in [-0.4, -0.2) is 42.5 Å². The molecular formula is C21H20F3N3O4S. The van der Waals surface area contributed by atoms with Crippen molar-refractivity contribution >= 4 is 27.4 Å². The van der Waals surface area contributed by atoms with E-state index in [9.17, 15) is 27.1 Å². The quantitative estimate of drug-likeness (QED) is 0.494. The number of pyridine rings is 2. The van der Waals surface area contributed by atoms with E-state index in [1.807, 2.05) is 0 Å². The van der Waals surface area contributed by atoms with Gasteiger partial charge in [-0.1, -0.05) is 6.07 Å². The maximum Gasteiger partial charge on any atom is 0.433 e. The average molecular weight is 467 g/mol. The number of rotatable bonds is 4. The van der Waals surface area contributed by atoms with Crippen molar-refractivity contribution < 1.29 is 31.8 Å². The Bertz CT molecular complexity index is 1130. The van der Waals surface area contributed by atoms with E-state index in [0.717, 1.165) is 12.3 Å². The Kier molecular flexibility index (Phi) is 5.97. The summed E-state index contributed by atoms with van der Waals surface area (Å²) in [5.41, 5.74) is -0.219. The number of carbonyl (C=O) groups excluding carboxylic acids is 1. The number of benzene rings is 1. The number of nitrogens with zero attached hydrogens (tertiary/aromatic N) is 2. The van der Waals surface area contributed by atoms with Crippen LogP contribution in [0, 0.1) is 0 Å². The van der Waals surface area contributed by atoms with E-state index in [1.54, 1.807) is 30.3 Å². The molecule has 11 heteroatoms. The molecule has 3 aromatic rings. The first-order valence-corrected chi connectivity index (χ1v) is 11.6. The summed E-state index contributed by atoms with van der Waals surface area (Å²) in [5, 5.41) is 3.56. The summed E-state index contributed by atoms with van der Waals surface area (Å²) in [6.07, 6.45) is -2.51. The summed E-state index contributed by atoms with van der Waals surface area (Å²) in [4.78, 5) is 20.2. The summed E-state index contributed by atoms with van der Waals surface area (Å²) in [7, 11) is -2.51. The normalized spacial score (nSPS) is 17.7. The summed E-state index contributed by atoms with van der Waals surface area (Å²) >= 11 is 0. The van der Waals surface area contributed by atoms with Gasteiger partial charge in [-0.15, -0.1) is 0 Å². The Balaban J connectivity index is 1.43. The highest BCUT2D eigenvalue weighted by atomic mass is 32.3. The third-order valence-corrected chi connectivity index (χ3v) is 6.86. The molecule has 0 aliphatic carbocycles. The van der Waals surface area contributed by atoms with Gasteiger partial charge in [-0.2, -0.15) is 23.8 Å². The largest absolute Gasteiger partial charge is 0.456 e. The minimum atomic E-state index is -4.52. The standard InChI is InChI=1S/C21H20F3N3O4S/c22-21(23,24)19-6-3-16(12-25-19)31-15-2-5-17-13(11-15)1-4-18(27-17)20(28)26-14-7-9-32(29,30)10-8-14/h1-6,11-12,14,29-30H,7-10H2,(H,26,28). The Hall–Kier alpha value is -2.89. The highest BCUT2D eigenvalue weighted by Crippen LogP contribution is 2.43. The first-order chi connectivity index (χ1) is 15.1. The van der Waals surface area contributed by atoms with Crippen molar-refractivity contribution in [2.75, 3.05) is 11.5 Å². The topological polar surface area (TPSA) is 105 Å². The van der Waals surface area contributed by atoms with Gasteiger partial charge in [-0.05, 0) is 49.2 Å². The molecule has 1 saturated heterocycles.